The summed E-state index contributed by atoms with van der Waals surface area (Å²) >= 11 is 7.64. The molecule has 32 heavy (non-hydrogen) atoms. The number of thioether (sulfide) groups is 1. The summed E-state index contributed by atoms with van der Waals surface area (Å²) in [6.45, 7) is 1.10. The Balaban J connectivity index is 1.44. The summed E-state index contributed by atoms with van der Waals surface area (Å²) < 4.78 is 13.2. The van der Waals surface area contributed by atoms with Gasteiger partial charge in [0.2, 0.25) is 0 Å². The first-order chi connectivity index (χ1) is 15.7. The van der Waals surface area contributed by atoms with Gasteiger partial charge in [0.05, 0.1) is 5.52 Å². The van der Waals surface area contributed by atoms with Crippen LogP contribution in [0.5, 0.6) is 11.5 Å². The van der Waals surface area contributed by atoms with Gasteiger partial charge in [-0.1, -0.05) is 47.6 Å². The number of para-hydroxylation sites is 1. The highest BCUT2D eigenvalue weighted by atomic mass is 35.5. The first-order valence-electron chi connectivity index (χ1n) is 10.2. The number of halogens is 1. The molecule has 0 bridgehead atoms. The van der Waals surface area contributed by atoms with Crippen LogP contribution in [0.2, 0.25) is 5.02 Å². The minimum absolute atomic E-state index is 0.537. The zero-order valence-electron chi connectivity index (χ0n) is 16.9. The summed E-state index contributed by atoms with van der Waals surface area (Å²) in [5.41, 5.74) is 3.70. The van der Waals surface area contributed by atoms with Gasteiger partial charge in [-0.05, 0) is 48.0 Å². The summed E-state index contributed by atoms with van der Waals surface area (Å²) in [7, 11) is 0. The molecule has 0 saturated carbocycles. The summed E-state index contributed by atoms with van der Waals surface area (Å²) in [4.78, 5) is 9.74. The maximum absolute atomic E-state index is 6.02. The van der Waals surface area contributed by atoms with E-state index in [0.717, 1.165) is 49.4 Å². The van der Waals surface area contributed by atoms with E-state index in [1.54, 1.807) is 11.8 Å². The molecule has 0 N–H and O–H groups in total. The van der Waals surface area contributed by atoms with E-state index in [1.807, 2.05) is 71.2 Å². The van der Waals surface area contributed by atoms with E-state index in [0.29, 0.717) is 24.8 Å². The van der Waals surface area contributed by atoms with Crippen LogP contribution >= 0.6 is 23.4 Å². The number of rotatable bonds is 4. The predicted molar refractivity (Wildman–Crippen MR) is 126 cm³/mol. The zero-order valence-corrected chi connectivity index (χ0v) is 18.4. The fourth-order valence-corrected chi connectivity index (χ4v) is 4.68. The second kappa shape index (κ2) is 8.00. The molecule has 2 aromatic heterocycles. The normalized spacial score (nSPS) is 13.0. The number of fused-ring (bicyclic) bond motifs is 4. The molecule has 0 saturated heterocycles. The van der Waals surface area contributed by atoms with Gasteiger partial charge in [-0.25, -0.2) is 9.97 Å². The number of benzene rings is 3. The Morgan fingerprint density at radius 3 is 2.59 bits per heavy atom. The lowest BCUT2D eigenvalue weighted by Gasteiger charge is -2.18. The van der Waals surface area contributed by atoms with Gasteiger partial charge in [0.15, 0.2) is 28.1 Å². The molecule has 158 valence electrons. The van der Waals surface area contributed by atoms with E-state index < -0.39 is 0 Å². The Kier molecular flexibility index (Phi) is 4.85. The molecule has 0 radical (unpaired) electrons. The lowest BCUT2D eigenvalue weighted by Crippen LogP contribution is -2.15. The van der Waals surface area contributed by atoms with E-state index in [4.69, 9.17) is 36.1 Å². The van der Waals surface area contributed by atoms with Gasteiger partial charge in [0.1, 0.15) is 13.2 Å². The molecule has 6 nitrogen and oxygen atoms in total. The highest BCUT2D eigenvalue weighted by molar-refractivity contribution is 7.98. The van der Waals surface area contributed by atoms with Crippen LogP contribution in [0.25, 0.3) is 27.9 Å². The van der Waals surface area contributed by atoms with Gasteiger partial charge in [-0.3, -0.25) is 0 Å². The number of nitrogens with zero attached hydrogens (tertiary/aromatic N) is 4. The lowest BCUT2D eigenvalue weighted by atomic mass is 10.2. The minimum Gasteiger partial charge on any atom is -0.486 e. The maximum Gasteiger partial charge on any atom is 0.191 e. The first kappa shape index (κ1) is 19.4. The van der Waals surface area contributed by atoms with Crippen molar-refractivity contribution in [3.63, 3.8) is 0 Å². The standard InChI is InChI=1S/C24H17ClN4O2S/c25-17-8-5-15(6-9-17)14-32-24-26-19-4-2-1-3-18(19)23-27-22(28-29(23)24)16-7-10-20-21(13-16)31-12-11-30-20/h1-10,13H,11-12,14H2. The molecule has 0 fully saturated rings. The molecule has 0 spiro atoms. The summed E-state index contributed by atoms with van der Waals surface area (Å²) in [5, 5.41) is 7.28. The molecule has 8 heteroatoms. The van der Waals surface area contributed by atoms with E-state index >= 15 is 0 Å². The highest BCUT2D eigenvalue weighted by Gasteiger charge is 2.18. The predicted octanol–water partition coefficient (Wildman–Crippen LogP) is 5.66. The Morgan fingerprint density at radius 2 is 1.72 bits per heavy atom. The SMILES string of the molecule is Clc1ccc(CSc2nc3ccccc3c3nc(-c4ccc5c(c4)OCCO5)nn23)cc1. The van der Waals surface area contributed by atoms with Crippen molar-refractivity contribution in [1.29, 1.82) is 0 Å². The van der Waals surface area contributed by atoms with Gasteiger partial charge in [-0.2, -0.15) is 4.52 Å². The molecule has 1 aliphatic rings. The van der Waals surface area contributed by atoms with E-state index in [9.17, 15) is 0 Å². The maximum atomic E-state index is 6.02. The number of ether oxygens (including phenoxy) is 2. The summed E-state index contributed by atoms with van der Waals surface area (Å²) in [5.74, 6) is 2.83. The average Bonchev–Trinajstić information content (AvgIpc) is 3.29. The van der Waals surface area contributed by atoms with Crippen molar-refractivity contribution in [3.05, 3.63) is 77.3 Å². The Hall–Kier alpha value is -3.29. The van der Waals surface area contributed by atoms with Crippen LogP contribution in [-0.2, 0) is 5.75 Å². The fraction of sp³-hybridized carbons (Fsp3) is 0.125. The molecule has 3 aromatic carbocycles. The average molecular weight is 461 g/mol. The quantitative estimate of drug-likeness (QED) is 0.254. The molecule has 1 aliphatic heterocycles. The van der Waals surface area contributed by atoms with Crippen molar-refractivity contribution < 1.29 is 9.47 Å². The monoisotopic (exact) mass is 460 g/mol. The number of hydrogen-bond acceptors (Lipinski definition) is 6. The molecule has 6 rings (SSSR count). The Morgan fingerprint density at radius 1 is 0.906 bits per heavy atom. The third-order valence-electron chi connectivity index (χ3n) is 5.23. The largest absolute Gasteiger partial charge is 0.486 e. The van der Waals surface area contributed by atoms with Crippen molar-refractivity contribution >= 4 is 39.9 Å². The number of hydrogen-bond donors (Lipinski definition) is 0. The van der Waals surface area contributed by atoms with E-state index in [1.165, 1.54) is 0 Å². The van der Waals surface area contributed by atoms with Crippen LogP contribution in [0, 0.1) is 0 Å². The lowest BCUT2D eigenvalue weighted by molar-refractivity contribution is 0.171. The third-order valence-corrected chi connectivity index (χ3v) is 6.48. The molecule has 0 atom stereocenters. The van der Waals surface area contributed by atoms with E-state index in [-0.39, 0.29) is 0 Å². The van der Waals surface area contributed by atoms with Crippen LogP contribution < -0.4 is 9.47 Å². The van der Waals surface area contributed by atoms with Crippen molar-refractivity contribution in [2.24, 2.45) is 0 Å². The molecular weight excluding hydrogens is 444 g/mol. The molecular formula is C24H17ClN4O2S. The fourth-order valence-electron chi connectivity index (χ4n) is 3.66. The van der Waals surface area contributed by atoms with Crippen LogP contribution in [0.1, 0.15) is 5.56 Å². The van der Waals surface area contributed by atoms with Crippen molar-refractivity contribution in [2.75, 3.05) is 13.2 Å². The number of aromatic nitrogens is 4. The Bertz CT molecular complexity index is 1450. The van der Waals surface area contributed by atoms with Crippen LogP contribution in [-0.4, -0.2) is 32.8 Å². The molecule has 3 heterocycles. The summed E-state index contributed by atoms with van der Waals surface area (Å²) in [6.07, 6.45) is 0. The zero-order chi connectivity index (χ0) is 21.5. The van der Waals surface area contributed by atoms with Crippen LogP contribution in [0.4, 0.5) is 0 Å². The molecule has 0 amide bonds. The molecule has 0 unspecified atom stereocenters. The summed E-state index contributed by atoms with van der Waals surface area (Å²) in [6, 6.07) is 21.6. The van der Waals surface area contributed by atoms with Crippen molar-refractivity contribution in [2.45, 2.75) is 10.9 Å². The van der Waals surface area contributed by atoms with Crippen molar-refractivity contribution in [1.82, 2.24) is 19.6 Å². The Labute approximate surface area is 193 Å². The smallest absolute Gasteiger partial charge is 0.191 e. The second-order valence-electron chi connectivity index (χ2n) is 7.36. The van der Waals surface area contributed by atoms with Crippen molar-refractivity contribution in [3.8, 4) is 22.9 Å². The molecule has 0 aliphatic carbocycles. The van der Waals surface area contributed by atoms with Crippen LogP contribution in [0.3, 0.4) is 0 Å². The highest BCUT2D eigenvalue weighted by Crippen LogP contribution is 2.34. The van der Waals surface area contributed by atoms with Gasteiger partial charge < -0.3 is 9.47 Å². The van der Waals surface area contributed by atoms with Gasteiger partial charge in [0.25, 0.3) is 0 Å². The first-order valence-corrected chi connectivity index (χ1v) is 11.5. The molecule has 5 aromatic rings. The van der Waals surface area contributed by atoms with Gasteiger partial charge >= 0.3 is 0 Å². The second-order valence-corrected chi connectivity index (χ2v) is 8.73. The topological polar surface area (TPSA) is 61.5 Å². The van der Waals surface area contributed by atoms with Gasteiger partial charge in [-0.15, -0.1) is 5.10 Å². The van der Waals surface area contributed by atoms with Gasteiger partial charge in [0, 0.05) is 21.7 Å². The van der Waals surface area contributed by atoms with E-state index in [2.05, 4.69) is 0 Å². The minimum atomic E-state index is 0.537. The van der Waals surface area contributed by atoms with Crippen LogP contribution in [0.15, 0.2) is 71.9 Å². The third kappa shape index (κ3) is 3.53.